The Bertz CT molecular complexity index is 680. The Hall–Kier alpha value is -2.40. The molecule has 0 spiro atoms. The van der Waals surface area contributed by atoms with Gasteiger partial charge in [0.1, 0.15) is 24.8 Å². The molecule has 0 saturated carbocycles. The molecule has 0 radical (unpaired) electrons. The molecule has 1 saturated heterocycles. The molecule has 11 heteroatoms. The SMILES string of the molecule is Nc1ccn([C@@H]2O[C@H](COC(=O)CCC=O)[C@@H](O)C2(F)F)c(=O)n1. The van der Waals surface area contributed by atoms with E-state index in [1.165, 1.54) is 0 Å². The third-order valence-corrected chi connectivity index (χ3v) is 3.36. The maximum absolute atomic E-state index is 14.2. The number of rotatable bonds is 6. The zero-order valence-corrected chi connectivity index (χ0v) is 12.3. The predicted octanol–water partition coefficient (Wildman–Crippen LogP) is -0.759. The van der Waals surface area contributed by atoms with Gasteiger partial charge in [-0.3, -0.25) is 9.36 Å². The summed E-state index contributed by atoms with van der Waals surface area (Å²) in [4.78, 5) is 36.4. The van der Waals surface area contributed by atoms with Crippen LogP contribution >= 0.6 is 0 Å². The van der Waals surface area contributed by atoms with E-state index in [1.54, 1.807) is 0 Å². The molecule has 2 rings (SSSR count). The number of anilines is 1. The molecule has 3 atom stereocenters. The van der Waals surface area contributed by atoms with Crippen LogP contribution in [-0.4, -0.2) is 51.7 Å². The van der Waals surface area contributed by atoms with Crippen molar-refractivity contribution >= 4 is 18.1 Å². The molecule has 0 unspecified atom stereocenters. The van der Waals surface area contributed by atoms with Gasteiger partial charge in [0.05, 0.1) is 6.42 Å². The van der Waals surface area contributed by atoms with Crippen LogP contribution in [0.5, 0.6) is 0 Å². The fraction of sp³-hybridized carbons (Fsp3) is 0.538. The van der Waals surface area contributed by atoms with Crippen LogP contribution in [-0.2, 0) is 19.1 Å². The summed E-state index contributed by atoms with van der Waals surface area (Å²) in [7, 11) is 0. The van der Waals surface area contributed by atoms with E-state index in [9.17, 15) is 28.3 Å². The third-order valence-electron chi connectivity index (χ3n) is 3.36. The topological polar surface area (TPSA) is 134 Å². The number of nitrogens with zero attached hydrogens (tertiary/aromatic N) is 2. The highest BCUT2D eigenvalue weighted by Crippen LogP contribution is 2.42. The number of alkyl halides is 2. The van der Waals surface area contributed by atoms with Crippen LogP contribution < -0.4 is 11.4 Å². The number of esters is 1. The molecule has 1 fully saturated rings. The molecule has 1 aromatic heterocycles. The van der Waals surface area contributed by atoms with Gasteiger partial charge < -0.3 is 25.1 Å². The van der Waals surface area contributed by atoms with Crippen LogP contribution in [0.15, 0.2) is 17.1 Å². The molecule has 9 nitrogen and oxygen atoms in total. The minimum absolute atomic E-state index is 0.0712. The van der Waals surface area contributed by atoms with Gasteiger partial charge in [0.25, 0.3) is 0 Å². The number of carbonyl (C=O) groups is 2. The summed E-state index contributed by atoms with van der Waals surface area (Å²) in [6.07, 6.45) is -4.78. The van der Waals surface area contributed by atoms with Crippen LogP contribution in [0, 0.1) is 0 Å². The third kappa shape index (κ3) is 3.57. The van der Waals surface area contributed by atoms with Gasteiger partial charge >= 0.3 is 17.6 Å². The molecule has 0 bridgehead atoms. The van der Waals surface area contributed by atoms with E-state index >= 15 is 0 Å². The number of aldehydes is 1. The van der Waals surface area contributed by atoms with Crippen LogP contribution in [0.2, 0.25) is 0 Å². The molecule has 0 aliphatic carbocycles. The average molecular weight is 347 g/mol. The molecule has 0 aromatic carbocycles. The van der Waals surface area contributed by atoms with E-state index < -0.39 is 42.6 Å². The molecular formula is C13H15F2N3O6. The van der Waals surface area contributed by atoms with Crippen LogP contribution in [0.4, 0.5) is 14.6 Å². The van der Waals surface area contributed by atoms with Crippen molar-refractivity contribution in [2.24, 2.45) is 0 Å². The second kappa shape index (κ2) is 7.01. The van der Waals surface area contributed by atoms with Crippen molar-refractivity contribution in [2.45, 2.75) is 37.2 Å². The second-order valence-corrected chi connectivity index (χ2v) is 5.08. The van der Waals surface area contributed by atoms with Gasteiger partial charge in [0.15, 0.2) is 6.10 Å². The molecule has 1 aromatic rings. The summed E-state index contributed by atoms with van der Waals surface area (Å²) >= 11 is 0. The number of carbonyl (C=O) groups excluding carboxylic acids is 2. The van der Waals surface area contributed by atoms with Crippen molar-refractivity contribution in [3.8, 4) is 0 Å². The van der Waals surface area contributed by atoms with Gasteiger partial charge in [-0.15, -0.1) is 0 Å². The van der Waals surface area contributed by atoms with E-state index in [0.29, 0.717) is 10.9 Å². The number of aliphatic hydroxyl groups is 1. The number of nitrogen functional groups attached to an aromatic ring is 1. The lowest BCUT2D eigenvalue weighted by Crippen LogP contribution is -2.42. The normalized spacial score (nSPS) is 25.4. The zero-order valence-electron chi connectivity index (χ0n) is 12.3. The number of halogens is 2. The van der Waals surface area contributed by atoms with Crippen molar-refractivity contribution in [3.63, 3.8) is 0 Å². The lowest BCUT2D eigenvalue weighted by molar-refractivity contribution is -0.151. The maximum Gasteiger partial charge on any atom is 0.351 e. The van der Waals surface area contributed by atoms with Crippen molar-refractivity contribution < 1.29 is 33.0 Å². The summed E-state index contributed by atoms with van der Waals surface area (Å²) < 4.78 is 38.5. The van der Waals surface area contributed by atoms with Crippen LogP contribution in [0.1, 0.15) is 19.1 Å². The van der Waals surface area contributed by atoms with Gasteiger partial charge in [-0.25, -0.2) is 4.79 Å². The van der Waals surface area contributed by atoms with Gasteiger partial charge in [-0.1, -0.05) is 0 Å². The molecule has 3 N–H and O–H groups in total. The Morgan fingerprint density at radius 2 is 2.29 bits per heavy atom. The fourth-order valence-electron chi connectivity index (χ4n) is 2.13. The first kappa shape index (κ1) is 17.9. The molecule has 0 amide bonds. The highest BCUT2D eigenvalue weighted by molar-refractivity contribution is 5.72. The van der Waals surface area contributed by atoms with Gasteiger partial charge in [0.2, 0.25) is 6.23 Å². The first-order valence-electron chi connectivity index (χ1n) is 6.92. The van der Waals surface area contributed by atoms with Crippen LogP contribution in [0.25, 0.3) is 0 Å². The first-order chi connectivity index (χ1) is 11.3. The Kier molecular flexibility index (Phi) is 5.24. The fourth-order valence-corrected chi connectivity index (χ4v) is 2.13. The number of aliphatic hydroxyl groups excluding tert-OH is 1. The predicted molar refractivity (Wildman–Crippen MR) is 74.0 cm³/mol. The average Bonchev–Trinajstić information content (AvgIpc) is 2.74. The van der Waals surface area contributed by atoms with E-state index in [4.69, 9.17) is 10.5 Å². The van der Waals surface area contributed by atoms with Gasteiger partial charge in [0, 0.05) is 12.6 Å². The Balaban J connectivity index is 2.11. The van der Waals surface area contributed by atoms with E-state index in [0.717, 1.165) is 12.3 Å². The summed E-state index contributed by atoms with van der Waals surface area (Å²) in [5.41, 5.74) is 4.21. The largest absolute Gasteiger partial charge is 0.463 e. The lowest BCUT2D eigenvalue weighted by Gasteiger charge is -2.20. The maximum atomic E-state index is 14.2. The van der Waals surface area contributed by atoms with E-state index in [-0.39, 0.29) is 18.7 Å². The van der Waals surface area contributed by atoms with Crippen molar-refractivity contribution in [1.82, 2.24) is 9.55 Å². The van der Waals surface area contributed by atoms with Crippen molar-refractivity contribution in [1.29, 1.82) is 0 Å². The Labute approximate surface area is 134 Å². The molecule has 132 valence electrons. The molecule has 2 heterocycles. The van der Waals surface area contributed by atoms with Gasteiger partial charge in [-0.05, 0) is 6.07 Å². The monoisotopic (exact) mass is 347 g/mol. The van der Waals surface area contributed by atoms with Crippen molar-refractivity contribution in [2.75, 3.05) is 12.3 Å². The summed E-state index contributed by atoms with van der Waals surface area (Å²) in [5.74, 6) is -4.77. The molecular weight excluding hydrogens is 332 g/mol. The molecule has 1 aliphatic rings. The molecule has 24 heavy (non-hydrogen) atoms. The number of ether oxygens (including phenoxy) is 2. The molecule has 1 aliphatic heterocycles. The quantitative estimate of drug-likeness (QED) is 0.507. The summed E-state index contributed by atoms with van der Waals surface area (Å²) in [6.45, 7) is -0.651. The van der Waals surface area contributed by atoms with E-state index in [1.807, 2.05) is 0 Å². The van der Waals surface area contributed by atoms with E-state index in [2.05, 4.69) is 9.72 Å². The summed E-state index contributed by atoms with van der Waals surface area (Å²) in [5, 5.41) is 9.70. The smallest absolute Gasteiger partial charge is 0.351 e. The van der Waals surface area contributed by atoms with Crippen LogP contribution in [0.3, 0.4) is 0 Å². The Morgan fingerprint density at radius 3 is 2.92 bits per heavy atom. The van der Waals surface area contributed by atoms with Crippen molar-refractivity contribution in [3.05, 3.63) is 22.7 Å². The summed E-state index contributed by atoms with van der Waals surface area (Å²) in [6, 6.07) is 1.12. The number of hydrogen-bond acceptors (Lipinski definition) is 8. The second-order valence-electron chi connectivity index (χ2n) is 5.08. The number of nitrogens with two attached hydrogens (primary N) is 1. The number of hydrogen-bond donors (Lipinski definition) is 2. The highest BCUT2D eigenvalue weighted by atomic mass is 19.3. The minimum atomic E-state index is -3.82. The number of aromatic nitrogens is 2. The first-order valence-corrected chi connectivity index (χ1v) is 6.92. The lowest BCUT2D eigenvalue weighted by atomic mass is 10.1. The highest BCUT2D eigenvalue weighted by Gasteiger charge is 2.60. The Morgan fingerprint density at radius 1 is 1.58 bits per heavy atom. The standard InChI is InChI=1S/C13H15F2N3O6/c14-13(15)10(21)7(6-23-9(20)2-1-5-19)24-11(13)18-4-3-8(16)17-12(18)22/h3-5,7,10-11,21H,1-2,6H2,(H2,16,17,22)/t7-,10-,11-/m1/s1. The zero-order chi connectivity index (χ0) is 17.9. The van der Waals surface area contributed by atoms with Gasteiger partial charge in [-0.2, -0.15) is 13.8 Å². The minimum Gasteiger partial charge on any atom is -0.463 e.